The van der Waals surface area contributed by atoms with Crippen molar-refractivity contribution in [2.75, 3.05) is 0 Å². The quantitative estimate of drug-likeness (QED) is 0.224. The molecule has 0 atom stereocenters. The summed E-state index contributed by atoms with van der Waals surface area (Å²) in [5.74, 6) is 1.05. The Hall–Kier alpha value is -4.58. The third kappa shape index (κ3) is 3.78. The lowest BCUT2D eigenvalue weighted by Gasteiger charge is -2.09. The Morgan fingerprint density at radius 3 is 1.36 bits per heavy atom. The molecule has 4 heterocycles. The molecule has 0 fully saturated rings. The first-order chi connectivity index (χ1) is 19.3. The minimum Gasteiger partial charge on any atom is -0.421 e. The third-order valence-electron chi connectivity index (χ3n) is 7.02. The zero-order valence-electron chi connectivity index (χ0n) is 20.7. The van der Waals surface area contributed by atoms with Gasteiger partial charge in [0.15, 0.2) is 0 Å². The van der Waals surface area contributed by atoms with Crippen LogP contribution >= 0.6 is 22.7 Å². The van der Waals surface area contributed by atoms with Gasteiger partial charge in [0.25, 0.3) is 0 Å². The van der Waals surface area contributed by atoms with Crippen LogP contribution in [-0.2, 0) is 0 Å². The molecule has 8 aromatic rings. The molecule has 8 rings (SSSR count). The second-order valence-electron chi connectivity index (χ2n) is 9.39. The minimum atomic E-state index is 0.523. The molecule has 0 aliphatic heterocycles. The van der Waals surface area contributed by atoms with Crippen molar-refractivity contribution in [2.45, 2.75) is 0 Å². The van der Waals surface area contributed by atoms with Crippen LogP contribution in [0.15, 0.2) is 121 Å². The van der Waals surface area contributed by atoms with E-state index in [1.165, 1.54) is 40.3 Å². The molecule has 0 unspecified atom stereocenters. The molecule has 5 heteroatoms. The van der Waals surface area contributed by atoms with Gasteiger partial charge in [0, 0.05) is 63.6 Å². The molecular weight excluding hydrogens is 517 g/mol. The topological polar surface area (TPSA) is 35.0 Å². The van der Waals surface area contributed by atoms with E-state index in [0.717, 1.165) is 22.5 Å². The van der Waals surface area contributed by atoms with E-state index >= 15 is 0 Å². The van der Waals surface area contributed by atoms with Gasteiger partial charge < -0.3 is 4.74 Å². The summed E-state index contributed by atoms with van der Waals surface area (Å²) in [5.41, 5.74) is 3.99. The molecule has 4 aromatic heterocycles. The van der Waals surface area contributed by atoms with E-state index in [1.54, 1.807) is 22.7 Å². The zero-order valence-corrected chi connectivity index (χ0v) is 22.3. The number of benzene rings is 4. The molecule has 3 nitrogen and oxygen atoms in total. The highest BCUT2D eigenvalue weighted by molar-refractivity contribution is 7.26. The van der Waals surface area contributed by atoms with Gasteiger partial charge in [-0.25, -0.2) is 9.97 Å². The van der Waals surface area contributed by atoms with Gasteiger partial charge in [-0.05, 0) is 24.3 Å². The van der Waals surface area contributed by atoms with Gasteiger partial charge >= 0.3 is 0 Å². The van der Waals surface area contributed by atoms with Crippen LogP contribution in [0.3, 0.4) is 0 Å². The molecule has 0 radical (unpaired) electrons. The summed E-state index contributed by atoms with van der Waals surface area (Å²) >= 11 is 3.61. The predicted molar refractivity (Wildman–Crippen MR) is 165 cm³/mol. The molecule has 0 saturated carbocycles. The number of hydrogen-bond donors (Lipinski definition) is 0. The number of nitrogens with zero attached hydrogens (tertiary/aromatic N) is 2. The van der Waals surface area contributed by atoms with Crippen LogP contribution in [0.25, 0.3) is 62.9 Å². The Bertz CT molecular complexity index is 2020. The number of aromatic nitrogens is 2. The van der Waals surface area contributed by atoms with E-state index in [1.807, 2.05) is 36.4 Å². The molecule has 0 amide bonds. The van der Waals surface area contributed by atoms with E-state index in [-0.39, 0.29) is 0 Å². The summed E-state index contributed by atoms with van der Waals surface area (Å²) in [6.45, 7) is 0. The second-order valence-corrected chi connectivity index (χ2v) is 11.5. The first-order valence-corrected chi connectivity index (χ1v) is 14.4. The monoisotopic (exact) mass is 536 g/mol. The van der Waals surface area contributed by atoms with E-state index < -0.39 is 0 Å². The minimum absolute atomic E-state index is 0.523. The highest BCUT2D eigenvalue weighted by Crippen LogP contribution is 2.41. The number of rotatable bonds is 4. The Balaban J connectivity index is 1.17. The standard InChI is InChI=1S/C34H20N2OS2/c1-3-17-29-21(9-1)23-11-5-13-25(33(23)38-29)27-15-7-19-31(35-27)37-32-20-8-16-28(36-32)26-14-6-12-24-22-10-2-4-18-30(22)39-34(24)26/h1-20H. The Labute approximate surface area is 232 Å². The molecule has 4 aromatic carbocycles. The number of hydrogen-bond acceptors (Lipinski definition) is 5. The summed E-state index contributed by atoms with van der Waals surface area (Å²) in [5, 5.41) is 5.07. The maximum Gasteiger partial charge on any atom is 0.221 e. The lowest BCUT2D eigenvalue weighted by atomic mass is 10.1. The summed E-state index contributed by atoms with van der Waals surface area (Å²) in [4.78, 5) is 9.77. The molecule has 0 saturated heterocycles. The molecule has 0 N–H and O–H groups in total. The van der Waals surface area contributed by atoms with Crippen molar-refractivity contribution in [3.8, 4) is 34.3 Å². The SMILES string of the molecule is c1cc(Oc2cccc(-c3cccc4c3sc3ccccc34)n2)nc(-c2cccc3c2sc2ccccc23)c1. The highest BCUT2D eigenvalue weighted by Gasteiger charge is 2.14. The van der Waals surface area contributed by atoms with Crippen molar-refractivity contribution in [2.24, 2.45) is 0 Å². The molecule has 0 aliphatic carbocycles. The Kier molecular flexibility index (Phi) is 5.18. The van der Waals surface area contributed by atoms with Crippen LogP contribution in [0.5, 0.6) is 11.8 Å². The molecule has 0 aliphatic rings. The first-order valence-electron chi connectivity index (χ1n) is 12.7. The lowest BCUT2D eigenvalue weighted by Crippen LogP contribution is -1.93. The average molecular weight is 537 g/mol. The fraction of sp³-hybridized carbons (Fsp3) is 0. The fourth-order valence-corrected chi connectivity index (χ4v) is 7.70. The van der Waals surface area contributed by atoms with Gasteiger partial charge in [-0.3, -0.25) is 0 Å². The lowest BCUT2D eigenvalue weighted by molar-refractivity contribution is 0.446. The van der Waals surface area contributed by atoms with Crippen LogP contribution in [0, 0.1) is 0 Å². The number of fused-ring (bicyclic) bond motifs is 6. The van der Waals surface area contributed by atoms with Crippen LogP contribution in [0.4, 0.5) is 0 Å². The van der Waals surface area contributed by atoms with E-state index in [9.17, 15) is 0 Å². The van der Waals surface area contributed by atoms with Crippen LogP contribution in [0.1, 0.15) is 0 Å². The maximum absolute atomic E-state index is 6.23. The summed E-state index contributed by atoms with van der Waals surface area (Å²) < 4.78 is 11.3. The molecule has 39 heavy (non-hydrogen) atoms. The van der Waals surface area contributed by atoms with Crippen LogP contribution < -0.4 is 4.74 Å². The molecular formula is C34H20N2OS2. The number of ether oxygens (including phenoxy) is 1. The smallest absolute Gasteiger partial charge is 0.221 e. The van der Waals surface area contributed by atoms with Crippen molar-refractivity contribution >= 4 is 63.0 Å². The second kappa shape index (κ2) is 9.02. The Morgan fingerprint density at radius 1 is 0.410 bits per heavy atom. The van der Waals surface area contributed by atoms with E-state index in [4.69, 9.17) is 14.7 Å². The summed E-state index contributed by atoms with van der Waals surface area (Å²) in [7, 11) is 0. The Morgan fingerprint density at radius 2 is 0.846 bits per heavy atom. The van der Waals surface area contributed by atoms with Crippen molar-refractivity contribution in [1.82, 2.24) is 9.97 Å². The van der Waals surface area contributed by atoms with Gasteiger partial charge in [-0.1, -0.05) is 84.9 Å². The summed E-state index contributed by atoms with van der Waals surface area (Å²) in [6.07, 6.45) is 0. The van der Waals surface area contributed by atoms with Crippen molar-refractivity contribution in [3.05, 3.63) is 121 Å². The predicted octanol–water partition coefficient (Wildman–Crippen LogP) is 10.3. The first kappa shape index (κ1) is 22.4. The fourth-order valence-electron chi connectivity index (χ4n) is 5.25. The van der Waals surface area contributed by atoms with Crippen molar-refractivity contribution in [3.63, 3.8) is 0 Å². The van der Waals surface area contributed by atoms with Crippen LogP contribution in [-0.4, -0.2) is 9.97 Å². The normalized spacial score (nSPS) is 11.6. The number of thiophene rings is 2. The molecule has 0 spiro atoms. The van der Waals surface area contributed by atoms with Gasteiger partial charge in [-0.2, -0.15) is 0 Å². The van der Waals surface area contributed by atoms with Crippen molar-refractivity contribution in [1.29, 1.82) is 0 Å². The van der Waals surface area contributed by atoms with Crippen LogP contribution in [0.2, 0.25) is 0 Å². The largest absolute Gasteiger partial charge is 0.421 e. The summed E-state index contributed by atoms with van der Waals surface area (Å²) in [6, 6.07) is 41.8. The number of pyridine rings is 2. The molecule has 184 valence electrons. The molecule has 0 bridgehead atoms. The average Bonchev–Trinajstić information content (AvgIpc) is 3.56. The third-order valence-corrected chi connectivity index (χ3v) is 9.46. The van der Waals surface area contributed by atoms with Gasteiger partial charge in [0.05, 0.1) is 11.4 Å². The van der Waals surface area contributed by atoms with Gasteiger partial charge in [0.2, 0.25) is 11.8 Å². The maximum atomic E-state index is 6.23. The van der Waals surface area contributed by atoms with Gasteiger partial charge in [0.1, 0.15) is 0 Å². The van der Waals surface area contributed by atoms with E-state index in [0.29, 0.717) is 11.8 Å². The zero-order chi connectivity index (χ0) is 25.8. The van der Waals surface area contributed by atoms with E-state index in [2.05, 4.69) is 84.9 Å². The van der Waals surface area contributed by atoms with Crippen molar-refractivity contribution < 1.29 is 4.74 Å². The van der Waals surface area contributed by atoms with Gasteiger partial charge in [-0.15, -0.1) is 22.7 Å². The highest BCUT2D eigenvalue weighted by atomic mass is 32.1.